The number of methoxy groups -OCH3 is 1. The van der Waals surface area contributed by atoms with Crippen LogP contribution in [0.15, 0.2) is 24.3 Å². The molecule has 2 aromatic rings. The highest BCUT2D eigenvalue weighted by molar-refractivity contribution is 5.32. The van der Waals surface area contributed by atoms with Crippen molar-refractivity contribution in [2.24, 2.45) is 0 Å². The standard InChI is InChI=1S/C18H28N6O/c1-18(2,3)24-17(19-20-21-24)16(23-12-10-22(4)11-13-23)14-6-8-15(25-5)9-7-14/h6-9,16H,10-13H2,1-5H3/t16-/m0/s1. The van der Waals surface area contributed by atoms with Crippen LogP contribution in [-0.4, -0.2) is 70.3 Å². The van der Waals surface area contributed by atoms with Gasteiger partial charge in [-0.25, -0.2) is 4.68 Å². The van der Waals surface area contributed by atoms with Gasteiger partial charge in [0.15, 0.2) is 5.82 Å². The molecule has 0 spiro atoms. The topological polar surface area (TPSA) is 59.3 Å². The van der Waals surface area contributed by atoms with Crippen LogP contribution in [-0.2, 0) is 5.54 Å². The van der Waals surface area contributed by atoms with Crippen LogP contribution in [0.2, 0.25) is 0 Å². The molecule has 136 valence electrons. The van der Waals surface area contributed by atoms with Gasteiger partial charge in [-0.15, -0.1) is 5.10 Å². The highest BCUT2D eigenvalue weighted by Crippen LogP contribution is 2.31. The third-order valence-electron chi connectivity index (χ3n) is 4.71. The first-order valence-corrected chi connectivity index (χ1v) is 8.75. The van der Waals surface area contributed by atoms with Gasteiger partial charge in [-0.3, -0.25) is 4.90 Å². The lowest BCUT2D eigenvalue weighted by molar-refractivity contribution is 0.118. The summed E-state index contributed by atoms with van der Waals surface area (Å²) < 4.78 is 7.26. The first-order valence-electron chi connectivity index (χ1n) is 8.75. The SMILES string of the molecule is COc1ccc([C@@H](c2nnnn2C(C)(C)C)N2CCN(C)CC2)cc1. The van der Waals surface area contributed by atoms with E-state index in [4.69, 9.17) is 4.74 Å². The molecule has 0 aliphatic carbocycles. The Balaban J connectivity index is 2.01. The summed E-state index contributed by atoms with van der Waals surface area (Å²) in [5, 5.41) is 12.7. The van der Waals surface area contributed by atoms with Crippen molar-refractivity contribution in [3.05, 3.63) is 35.7 Å². The number of aromatic nitrogens is 4. The van der Waals surface area contributed by atoms with Gasteiger partial charge in [0.05, 0.1) is 18.7 Å². The Labute approximate surface area is 149 Å². The van der Waals surface area contributed by atoms with Gasteiger partial charge in [-0.05, 0) is 55.9 Å². The van der Waals surface area contributed by atoms with Gasteiger partial charge in [-0.1, -0.05) is 12.1 Å². The molecule has 1 aliphatic rings. The van der Waals surface area contributed by atoms with E-state index >= 15 is 0 Å². The molecule has 7 heteroatoms. The van der Waals surface area contributed by atoms with Gasteiger partial charge >= 0.3 is 0 Å². The van der Waals surface area contributed by atoms with Crippen LogP contribution in [0.4, 0.5) is 0 Å². The fraction of sp³-hybridized carbons (Fsp3) is 0.611. The molecular weight excluding hydrogens is 316 g/mol. The molecular formula is C18H28N6O. The molecule has 2 heterocycles. The summed E-state index contributed by atoms with van der Waals surface area (Å²) in [7, 11) is 3.85. The molecule has 7 nitrogen and oxygen atoms in total. The molecule has 1 atom stereocenters. The largest absolute Gasteiger partial charge is 0.497 e. The van der Waals surface area contributed by atoms with Crippen LogP contribution in [0.25, 0.3) is 0 Å². The summed E-state index contributed by atoms with van der Waals surface area (Å²) in [6, 6.07) is 8.27. The Morgan fingerprint density at radius 2 is 1.68 bits per heavy atom. The van der Waals surface area contributed by atoms with Gasteiger partial charge in [0.25, 0.3) is 0 Å². The number of hydrogen-bond donors (Lipinski definition) is 0. The average molecular weight is 344 g/mol. The molecule has 0 amide bonds. The number of tetrazole rings is 1. The molecule has 0 N–H and O–H groups in total. The molecule has 0 bridgehead atoms. The lowest BCUT2D eigenvalue weighted by Crippen LogP contribution is -2.47. The Bertz CT molecular complexity index is 682. The Morgan fingerprint density at radius 3 is 2.24 bits per heavy atom. The van der Waals surface area contributed by atoms with Crippen LogP contribution in [0, 0.1) is 0 Å². The summed E-state index contributed by atoms with van der Waals surface area (Å²) in [4.78, 5) is 4.82. The van der Waals surface area contributed by atoms with E-state index in [-0.39, 0.29) is 11.6 Å². The summed E-state index contributed by atoms with van der Waals surface area (Å²) in [6.07, 6.45) is 0. The Morgan fingerprint density at radius 1 is 1.04 bits per heavy atom. The highest BCUT2D eigenvalue weighted by atomic mass is 16.5. The maximum absolute atomic E-state index is 5.31. The Hall–Kier alpha value is -1.99. The quantitative estimate of drug-likeness (QED) is 0.842. The molecule has 0 radical (unpaired) electrons. The van der Waals surface area contributed by atoms with Gasteiger partial charge in [0.1, 0.15) is 5.75 Å². The fourth-order valence-corrected chi connectivity index (χ4v) is 3.23. The van der Waals surface area contributed by atoms with Gasteiger partial charge in [0, 0.05) is 26.2 Å². The number of rotatable bonds is 4. The van der Waals surface area contributed by atoms with Crippen molar-refractivity contribution in [2.75, 3.05) is 40.3 Å². The van der Waals surface area contributed by atoms with Crippen LogP contribution < -0.4 is 4.74 Å². The number of benzene rings is 1. The zero-order valence-electron chi connectivity index (χ0n) is 15.8. The summed E-state index contributed by atoms with van der Waals surface area (Å²) in [5.74, 6) is 1.75. The van der Waals surface area contributed by atoms with Gasteiger partial charge in [0.2, 0.25) is 0 Å². The van der Waals surface area contributed by atoms with E-state index in [1.54, 1.807) is 7.11 Å². The second kappa shape index (κ2) is 7.09. The number of piperazine rings is 1. The highest BCUT2D eigenvalue weighted by Gasteiger charge is 2.32. The molecule has 25 heavy (non-hydrogen) atoms. The van der Waals surface area contributed by atoms with Crippen LogP contribution in [0.1, 0.15) is 38.2 Å². The van der Waals surface area contributed by atoms with Crippen molar-refractivity contribution in [2.45, 2.75) is 32.4 Å². The first kappa shape index (κ1) is 17.8. The van der Waals surface area contributed by atoms with Crippen LogP contribution >= 0.6 is 0 Å². The Kier molecular flexibility index (Phi) is 5.06. The lowest BCUT2D eigenvalue weighted by Gasteiger charge is -2.38. The van der Waals surface area contributed by atoms with Crippen molar-refractivity contribution < 1.29 is 4.74 Å². The number of ether oxygens (including phenoxy) is 1. The van der Waals surface area contributed by atoms with E-state index in [0.29, 0.717) is 0 Å². The normalized spacial score (nSPS) is 18.3. The van der Waals surface area contributed by atoms with E-state index in [1.807, 2.05) is 16.8 Å². The van der Waals surface area contributed by atoms with E-state index in [0.717, 1.165) is 37.8 Å². The average Bonchev–Trinajstić information content (AvgIpc) is 3.07. The molecule has 1 aromatic heterocycles. The molecule has 1 saturated heterocycles. The van der Waals surface area contributed by atoms with E-state index in [1.165, 1.54) is 5.56 Å². The van der Waals surface area contributed by atoms with E-state index < -0.39 is 0 Å². The zero-order valence-corrected chi connectivity index (χ0v) is 15.8. The second-order valence-corrected chi connectivity index (χ2v) is 7.63. The molecule has 0 unspecified atom stereocenters. The van der Waals surface area contributed by atoms with Crippen molar-refractivity contribution >= 4 is 0 Å². The maximum Gasteiger partial charge on any atom is 0.173 e. The fourth-order valence-electron chi connectivity index (χ4n) is 3.23. The van der Waals surface area contributed by atoms with Gasteiger partial charge in [-0.2, -0.15) is 0 Å². The van der Waals surface area contributed by atoms with E-state index in [9.17, 15) is 0 Å². The third-order valence-corrected chi connectivity index (χ3v) is 4.71. The minimum absolute atomic E-state index is 0.0360. The predicted molar refractivity (Wildman–Crippen MR) is 96.7 cm³/mol. The minimum Gasteiger partial charge on any atom is -0.497 e. The second-order valence-electron chi connectivity index (χ2n) is 7.63. The van der Waals surface area contributed by atoms with Crippen molar-refractivity contribution in [3.8, 4) is 5.75 Å². The summed E-state index contributed by atoms with van der Waals surface area (Å²) in [5.41, 5.74) is 1.02. The number of hydrogen-bond acceptors (Lipinski definition) is 6. The maximum atomic E-state index is 5.31. The van der Waals surface area contributed by atoms with Crippen LogP contribution in [0.5, 0.6) is 5.75 Å². The lowest BCUT2D eigenvalue weighted by atomic mass is 10.0. The third kappa shape index (κ3) is 3.82. The zero-order chi connectivity index (χ0) is 18.0. The predicted octanol–water partition coefficient (Wildman–Crippen LogP) is 1.77. The molecule has 0 saturated carbocycles. The minimum atomic E-state index is -0.171. The molecule has 1 aliphatic heterocycles. The van der Waals surface area contributed by atoms with Crippen molar-refractivity contribution in [1.29, 1.82) is 0 Å². The van der Waals surface area contributed by atoms with Crippen LogP contribution in [0.3, 0.4) is 0 Å². The molecule has 3 rings (SSSR count). The van der Waals surface area contributed by atoms with E-state index in [2.05, 4.69) is 65.3 Å². The molecule has 1 fully saturated rings. The smallest absolute Gasteiger partial charge is 0.173 e. The van der Waals surface area contributed by atoms with Crippen molar-refractivity contribution in [3.63, 3.8) is 0 Å². The summed E-state index contributed by atoms with van der Waals surface area (Å²) >= 11 is 0. The summed E-state index contributed by atoms with van der Waals surface area (Å²) in [6.45, 7) is 10.5. The number of likely N-dealkylation sites (N-methyl/N-ethyl adjacent to an activating group) is 1. The first-order chi connectivity index (χ1) is 11.9. The van der Waals surface area contributed by atoms with Gasteiger partial charge < -0.3 is 9.64 Å². The number of nitrogens with zero attached hydrogens (tertiary/aromatic N) is 6. The van der Waals surface area contributed by atoms with Crippen molar-refractivity contribution in [1.82, 2.24) is 30.0 Å². The molecule has 1 aromatic carbocycles. The monoisotopic (exact) mass is 344 g/mol.